The molecule has 0 saturated carbocycles. The zero-order valence-electron chi connectivity index (χ0n) is 15.4. The van der Waals surface area contributed by atoms with Gasteiger partial charge in [-0.1, -0.05) is 24.9 Å². The molecule has 0 aromatic carbocycles. The van der Waals surface area contributed by atoms with Crippen LogP contribution in [0.1, 0.15) is 51.2 Å². The van der Waals surface area contributed by atoms with E-state index in [2.05, 4.69) is 22.3 Å². The highest BCUT2D eigenvalue weighted by Gasteiger charge is 2.20. The van der Waals surface area contributed by atoms with Crippen molar-refractivity contribution in [1.29, 1.82) is 0 Å². The Morgan fingerprint density at radius 2 is 2.08 bits per heavy atom. The summed E-state index contributed by atoms with van der Waals surface area (Å²) in [6.45, 7) is 7.53. The lowest BCUT2D eigenvalue weighted by molar-refractivity contribution is -0.135. The van der Waals surface area contributed by atoms with E-state index in [1.165, 1.54) is 12.8 Å². The number of anilines is 1. The normalized spacial score (nSPS) is 14.6. The van der Waals surface area contributed by atoms with Gasteiger partial charge in [0, 0.05) is 25.6 Å². The predicted molar refractivity (Wildman–Crippen MR) is 96.3 cm³/mol. The summed E-state index contributed by atoms with van der Waals surface area (Å²) in [5.74, 6) is 0.843. The van der Waals surface area contributed by atoms with Crippen molar-refractivity contribution in [2.45, 2.75) is 52.4 Å². The van der Waals surface area contributed by atoms with Crippen LogP contribution in [-0.4, -0.2) is 59.5 Å². The quantitative estimate of drug-likeness (QED) is 0.656. The Morgan fingerprint density at radius 1 is 1.32 bits per heavy atom. The summed E-state index contributed by atoms with van der Waals surface area (Å²) >= 11 is 0. The van der Waals surface area contributed by atoms with Crippen LogP contribution < -0.4 is 5.32 Å². The largest absolute Gasteiger partial charge is 0.360 e. The maximum absolute atomic E-state index is 12.5. The minimum Gasteiger partial charge on any atom is -0.360 e. The summed E-state index contributed by atoms with van der Waals surface area (Å²) in [7, 11) is 0. The van der Waals surface area contributed by atoms with Gasteiger partial charge in [-0.25, -0.2) is 0 Å². The fourth-order valence-electron chi connectivity index (χ4n) is 3.03. The van der Waals surface area contributed by atoms with Gasteiger partial charge in [0.2, 0.25) is 11.8 Å². The van der Waals surface area contributed by atoms with E-state index in [4.69, 9.17) is 4.52 Å². The van der Waals surface area contributed by atoms with E-state index in [-0.39, 0.29) is 18.4 Å². The molecule has 1 saturated heterocycles. The third-order valence-corrected chi connectivity index (χ3v) is 4.46. The fraction of sp³-hybridized carbons (Fsp3) is 0.722. The van der Waals surface area contributed by atoms with E-state index in [0.717, 1.165) is 38.9 Å². The molecule has 2 rings (SSSR count). The van der Waals surface area contributed by atoms with Crippen LogP contribution in [0.15, 0.2) is 10.6 Å². The van der Waals surface area contributed by atoms with Crippen molar-refractivity contribution >= 4 is 17.6 Å². The van der Waals surface area contributed by atoms with E-state index < -0.39 is 0 Å². The first-order valence-corrected chi connectivity index (χ1v) is 9.31. The van der Waals surface area contributed by atoms with E-state index in [1.807, 2.05) is 0 Å². The van der Waals surface area contributed by atoms with E-state index in [1.54, 1.807) is 17.9 Å². The lowest BCUT2D eigenvalue weighted by Crippen LogP contribution is -2.42. The molecule has 0 bridgehead atoms. The van der Waals surface area contributed by atoms with Gasteiger partial charge in [0.15, 0.2) is 5.82 Å². The third-order valence-electron chi connectivity index (χ3n) is 4.46. The highest BCUT2D eigenvalue weighted by atomic mass is 16.5. The second-order valence-corrected chi connectivity index (χ2v) is 6.69. The molecule has 140 valence electrons. The Labute approximate surface area is 149 Å². The first kappa shape index (κ1) is 19.4. The number of aromatic nitrogens is 1. The van der Waals surface area contributed by atoms with Gasteiger partial charge in [0.05, 0.1) is 6.54 Å². The average molecular weight is 350 g/mol. The molecule has 0 atom stereocenters. The van der Waals surface area contributed by atoms with Crippen LogP contribution in [0.5, 0.6) is 0 Å². The number of rotatable bonds is 10. The van der Waals surface area contributed by atoms with E-state index in [0.29, 0.717) is 24.5 Å². The van der Waals surface area contributed by atoms with Crippen LogP contribution in [0.2, 0.25) is 0 Å². The van der Waals surface area contributed by atoms with Crippen molar-refractivity contribution in [3.05, 3.63) is 11.8 Å². The zero-order valence-corrected chi connectivity index (χ0v) is 15.4. The molecular weight excluding hydrogens is 320 g/mol. The maximum atomic E-state index is 12.5. The topological polar surface area (TPSA) is 78.7 Å². The van der Waals surface area contributed by atoms with Crippen LogP contribution in [0.3, 0.4) is 0 Å². The van der Waals surface area contributed by atoms with Gasteiger partial charge >= 0.3 is 0 Å². The van der Waals surface area contributed by atoms with Crippen molar-refractivity contribution in [3.63, 3.8) is 0 Å². The molecule has 1 aromatic heterocycles. The number of aryl methyl sites for hydroxylation is 1. The highest BCUT2D eigenvalue weighted by molar-refractivity contribution is 5.93. The van der Waals surface area contributed by atoms with Crippen LogP contribution in [0.4, 0.5) is 5.82 Å². The Balaban J connectivity index is 1.86. The minimum atomic E-state index is -0.237. The van der Waals surface area contributed by atoms with Gasteiger partial charge in [-0.15, -0.1) is 0 Å². The van der Waals surface area contributed by atoms with Crippen molar-refractivity contribution in [2.24, 2.45) is 0 Å². The smallest absolute Gasteiger partial charge is 0.245 e. The molecule has 0 aliphatic carbocycles. The summed E-state index contributed by atoms with van der Waals surface area (Å²) in [5.41, 5.74) is 0. The standard InChI is InChI=1S/C18H30N4O3/c1-3-4-5-8-18(24)22(12-11-21-9-6-7-10-21)14-17(23)19-16-13-15(2)25-20-16/h13H,3-12,14H2,1-2H3,(H,19,20,23). The van der Waals surface area contributed by atoms with Gasteiger partial charge in [-0.05, 0) is 39.3 Å². The first-order valence-electron chi connectivity index (χ1n) is 9.31. The van der Waals surface area contributed by atoms with Crippen molar-refractivity contribution in [3.8, 4) is 0 Å². The van der Waals surface area contributed by atoms with E-state index >= 15 is 0 Å². The van der Waals surface area contributed by atoms with Gasteiger partial charge in [0.25, 0.3) is 0 Å². The molecule has 25 heavy (non-hydrogen) atoms. The summed E-state index contributed by atoms with van der Waals surface area (Å²) in [6, 6.07) is 1.66. The van der Waals surface area contributed by atoms with Gasteiger partial charge in [0.1, 0.15) is 5.76 Å². The second kappa shape index (κ2) is 10.2. The van der Waals surface area contributed by atoms with Crippen LogP contribution in [-0.2, 0) is 9.59 Å². The average Bonchev–Trinajstić information content (AvgIpc) is 3.23. The molecule has 0 unspecified atom stereocenters. The Bertz CT molecular complexity index is 552. The molecule has 0 spiro atoms. The van der Waals surface area contributed by atoms with Gasteiger partial charge in [-0.3, -0.25) is 9.59 Å². The molecule has 1 N–H and O–H groups in total. The highest BCUT2D eigenvalue weighted by Crippen LogP contribution is 2.10. The Kier molecular flexibility index (Phi) is 7.91. The molecule has 2 amide bonds. The minimum absolute atomic E-state index is 0.0548. The summed E-state index contributed by atoms with van der Waals surface area (Å²) in [6.07, 6.45) is 5.93. The predicted octanol–water partition coefficient (Wildman–Crippen LogP) is 2.43. The van der Waals surface area contributed by atoms with Crippen molar-refractivity contribution in [2.75, 3.05) is 38.0 Å². The SMILES string of the molecule is CCCCCC(=O)N(CCN1CCCC1)CC(=O)Nc1cc(C)on1. The van der Waals surface area contributed by atoms with E-state index in [9.17, 15) is 9.59 Å². The zero-order chi connectivity index (χ0) is 18.1. The van der Waals surface area contributed by atoms with Crippen LogP contribution >= 0.6 is 0 Å². The Hall–Kier alpha value is -1.89. The van der Waals surface area contributed by atoms with Gasteiger partial charge in [-0.2, -0.15) is 0 Å². The fourth-order valence-corrected chi connectivity index (χ4v) is 3.03. The van der Waals surface area contributed by atoms with Crippen LogP contribution in [0.25, 0.3) is 0 Å². The summed E-state index contributed by atoms with van der Waals surface area (Å²) in [4.78, 5) is 28.8. The molecular formula is C18H30N4O3. The maximum Gasteiger partial charge on any atom is 0.245 e. The van der Waals surface area contributed by atoms with Crippen molar-refractivity contribution < 1.29 is 14.1 Å². The second-order valence-electron chi connectivity index (χ2n) is 6.69. The number of likely N-dealkylation sites (tertiary alicyclic amines) is 1. The Morgan fingerprint density at radius 3 is 2.72 bits per heavy atom. The number of carbonyl (C=O) groups excluding carboxylic acids is 2. The lowest BCUT2D eigenvalue weighted by Gasteiger charge is -2.25. The summed E-state index contributed by atoms with van der Waals surface area (Å²) < 4.78 is 4.95. The van der Waals surface area contributed by atoms with Crippen LogP contribution in [0, 0.1) is 6.92 Å². The molecule has 0 radical (unpaired) electrons. The molecule has 7 heteroatoms. The number of hydrogen-bond acceptors (Lipinski definition) is 5. The molecule has 1 aliphatic rings. The molecule has 2 heterocycles. The number of unbranched alkanes of at least 4 members (excludes halogenated alkanes) is 2. The number of hydrogen-bond donors (Lipinski definition) is 1. The molecule has 1 fully saturated rings. The number of nitrogens with zero attached hydrogens (tertiary/aromatic N) is 3. The monoisotopic (exact) mass is 350 g/mol. The third kappa shape index (κ3) is 6.86. The number of amides is 2. The summed E-state index contributed by atoms with van der Waals surface area (Å²) in [5, 5.41) is 6.45. The number of nitrogens with one attached hydrogen (secondary N) is 1. The number of carbonyl (C=O) groups is 2. The molecule has 1 aromatic rings. The lowest BCUT2D eigenvalue weighted by atomic mass is 10.2. The van der Waals surface area contributed by atoms with Gasteiger partial charge < -0.3 is 19.6 Å². The molecule has 7 nitrogen and oxygen atoms in total. The molecule has 1 aliphatic heterocycles. The first-order chi connectivity index (χ1) is 12.1. The van der Waals surface area contributed by atoms with Crippen molar-refractivity contribution in [1.82, 2.24) is 15.0 Å².